The lowest BCUT2D eigenvalue weighted by atomic mass is 9.98. The van der Waals surface area contributed by atoms with Gasteiger partial charge in [-0.15, -0.1) is 0 Å². The van der Waals surface area contributed by atoms with Gasteiger partial charge in [-0.25, -0.2) is 8.78 Å². The molecule has 0 aliphatic rings. The van der Waals surface area contributed by atoms with Gasteiger partial charge in [0.05, 0.1) is 6.04 Å². The molecule has 0 radical (unpaired) electrons. The number of rotatable bonds is 4. The van der Waals surface area contributed by atoms with Gasteiger partial charge >= 0.3 is 0 Å². The predicted molar refractivity (Wildman–Crippen MR) is 76.0 cm³/mol. The fourth-order valence-corrected chi connectivity index (χ4v) is 2.48. The lowest BCUT2D eigenvalue weighted by Gasteiger charge is -2.19. The molecule has 0 bridgehead atoms. The standard InChI is InChI=1S/C15H14BrF2N/c1-2-19-15(10-4-3-5-12(16)6-10)11-7-13(17)9-14(18)8-11/h3-9,15,19H,2H2,1H3. The van der Waals surface area contributed by atoms with E-state index < -0.39 is 11.6 Å². The van der Waals surface area contributed by atoms with Crippen LogP contribution in [0.4, 0.5) is 8.78 Å². The summed E-state index contributed by atoms with van der Waals surface area (Å²) < 4.78 is 27.6. The van der Waals surface area contributed by atoms with Crippen molar-refractivity contribution in [2.24, 2.45) is 0 Å². The highest BCUT2D eigenvalue weighted by molar-refractivity contribution is 9.10. The van der Waals surface area contributed by atoms with Crippen LogP contribution in [0.25, 0.3) is 0 Å². The first-order chi connectivity index (χ1) is 9.10. The van der Waals surface area contributed by atoms with Crippen LogP contribution in [0.1, 0.15) is 24.1 Å². The van der Waals surface area contributed by atoms with E-state index in [-0.39, 0.29) is 6.04 Å². The molecule has 1 nitrogen and oxygen atoms in total. The van der Waals surface area contributed by atoms with Crippen LogP contribution in [0.5, 0.6) is 0 Å². The van der Waals surface area contributed by atoms with E-state index in [1.807, 2.05) is 31.2 Å². The van der Waals surface area contributed by atoms with Crippen LogP contribution >= 0.6 is 15.9 Å². The molecule has 0 saturated carbocycles. The van der Waals surface area contributed by atoms with E-state index >= 15 is 0 Å². The maximum atomic E-state index is 13.3. The van der Waals surface area contributed by atoms with Crippen LogP contribution in [0.2, 0.25) is 0 Å². The maximum absolute atomic E-state index is 13.3. The first-order valence-corrected chi connectivity index (χ1v) is 6.84. The maximum Gasteiger partial charge on any atom is 0.126 e. The Morgan fingerprint density at radius 3 is 2.32 bits per heavy atom. The number of benzene rings is 2. The SMILES string of the molecule is CCNC(c1cc(F)cc(F)c1)c1cccc(Br)c1. The Hall–Kier alpha value is -1.26. The van der Waals surface area contributed by atoms with Crippen LogP contribution in [0.3, 0.4) is 0 Å². The molecule has 100 valence electrons. The second-order valence-corrected chi connectivity index (χ2v) is 5.16. The summed E-state index contributed by atoms with van der Waals surface area (Å²) in [5.74, 6) is -1.12. The topological polar surface area (TPSA) is 12.0 Å². The van der Waals surface area contributed by atoms with Crippen LogP contribution < -0.4 is 5.32 Å². The summed E-state index contributed by atoms with van der Waals surface area (Å²) in [7, 11) is 0. The Balaban J connectivity index is 2.44. The minimum atomic E-state index is -0.562. The van der Waals surface area contributed by atoms with Crippen molar-refractivity contribution in [3.63, 3.8) is 0 Å². The Morgan fingerprint density at radius 1 is 1.05 bits per heavy atom. The smallest absolute Gasteiger partial charge is 0.126 e. The van der Waals surface area contributed by atoms with Crippen molar-refractivity contribution >= 4 is 15.9 Å². The van der Waals surface area contributed by atoms with Crippen molar-refractivity contribution < 1.29 is 8.78 Å². The van der Waals surface area contributed by atoms with E-state index in [0.717, 1.165) is 16.1 Å². The first-order valence-electron chi connectivity index (χ1n) is 6.05. The summed E-state index contributed by atoms with van der Waals surface area (Å²) in [6, 6.07) is 11.1. The van der Waals surface area contributed by atoms with Crippen LogP contribution in [0.15, 0.2) is 46.9 Å². The summed E-state index contributed by atoms with van der Waals surface area (Å²) in [6.45, 7) is 2.66. The Labute approximate surface area is 119 Å². The zero-order valence-corrected chi connectivity index (χ0v) is 12.0. The molecule has 0 amide bonds. The third-order valence-electron chi connectivity index (χ3n) is 2.81. The van der Waals surface area contributed by atoms with Gasteiger partial charge in [-0.05, 0) is 41.9 Å². The molecule has 2 aromatic rings. The summed E-state index contributed by atoms with van der Waals surface area (Å²) in [4.78, 5) is 0. The molecular weight excluding hydrogens is 312 g/mol. The van der Waals surface area contributed by atoms with Gasteiger partial charge in [-0.1, -0.05) is 35.0 Å². The van der Waals surface area contributed by atoms with Gasteiger partial charge in [0.25, 0.3) is 0 Å². The van der Waals surface area contributed by atoms with Crippen LogP contribution in [0, 0.1) is 11.6 Å². The lowest BCUT2D eigenvalue weighted by molar-refractivity contribution is 0.565. The molecule has 0 saturated heterocycles. The summed E-state index contributed by atoms with van der Waals surface area (Å²) in [5.41, 5.74) is 1.54. The van der Waals surface area contributed by atoms with Crippen molar-refractivity contribution in [2.75, 3.05) is 6.54 Å². The molecule has 0 aromatic heterocycles. The zero-order valence-electron chi connectivity index (χ0n) is 10.5. The molecule has 0 fully saturated rings. The van der Waals surface area contributed by atoms with E-state index in [1.165, 1.54) is 12.1 Å². The van der Waals surface area contributed by atoms with Gasteiger partial charge in [0.1, 0.15) is 11.6 Å². The van der Waals surface area contributed by atoms with Gasteiger partial charge in [-0.3, -0.25) is 0 Å². The highest BCUT2D eigenvalue weighted by atomic mass is 79.9. The van der Waals surface area contributed by atoms with Crippen LogP contribution in [-0.2, 0) is 0 Å². The average Bonchev–Trinajstić information content (AvgIpc) is 2.34. The fraction of sp³-hybridized carbons (Fsp3) is 0.200. The second-order valence-electron chi connectivity index (χ2n) is 4.25. The average molecular weight is 326 g/mol. The second kappa shape index (κ2) is 6.26. The molecule has 1 unspecified atom stereocenters. The number of halogens is 3. The minimum Gasteiger partial charge on any atom is -0.307 e. The van der Waals surface area contributed by atoms with E-state index in [9.17, 15) is 8.78 Å². The third-order valence-corrected chi connectivity index (χ3v) is 3.30. The Kier molecular flexibility index (Phi) is 4.66. The Morgan fingerprint density at radius 2 is 1.74 bits per heavy atom. The molecule has 19 heavy (non-hydrogen) atoms. The fourth-order valence-electron chi connectivity index (χ4n) is 2.06. The highest BCUT2D eigenvalue weighted by Gasteiger charge is 2.15. The first kappa shape index (κ1) is 14.2. The lowest BCUT2D eigenvalue weighted by Crippen LogP contribution is -2.22. The van der Waals surface area contributed by atoms with E-state index in [2.05, 4.69) is 21.2 Å². The molecule has 1 atom stereocenters. The molecule has 0 aliphatic carbocycles. The molecule has 2 rings (SSSR count). The summed E-state index contributed by atoms with van der Waals surface area (Å²) in [5, 5.41) is 3.24. The van der Waals surface area contributed by atoms with Gasteiger partial charge in [0.15, 0.2) is 0 Å². The van der Waals surface area contributed by atoms with E-state index in [4.69, 9.17) is 0 Å². The quantitative estimate of drug-likeness (QED) is 0.877. The van der Waals surface area contributed by atoms with Crippen molar-refractivity contribution in [2.45, 2.75) is 13.0 Å². The molecule has 0 spiro atoms. The highest BCUT2D eigenvalue weighted by Crippen LogP contribution is 2.25. The van der Waals surface area contributed by atoms with E-state index in [0.29, 0.717) is 12.1 Å². The van der Waals surface area contributed by atoms with Crippen molar-refractivity contribution in [3.8, 4) is 0 Å². The van der Waals surface area contributed by atoms with Gasteiger partial charge in [0.2, 0.25) is 0 Å². The van der Waals surface area contributed by atoms with Crippen LogP contribution in [-0.4, -0.2) is 6.54 Å². The molecule has 4 heteroatoms. The molecule has 0 aliphatic heterocycles. The number of hydrogen-bond acceptors (Lipinski definition) is 1. The minimum absolute atomic E-state index is 0.229. The van der Waals surface area contributed by atoms with Gasteiger partial charge in [0, 0.05) is 10.5 Å². The number of hydrogen-bond donors (Lipinski definition) is 1. The number of nitrogens with one attached hydrogen (secondary N) is 1. The van der Waals surface area contributed by atoms with Crippen molar-refractivity contribution in [1.82, 2.24) is 5.32 Å². The predicted octanol–water partition coefficient (Wildman–Crippen LogP) is 4.43. The normalized spacial score (nSPS) is 12.4. The molecule has 0 heterocycles. The molecular formula is C15H14BrF2N. The third kappa shape index (κ3) is 3.61. The summed E-state index contributed by atoms with van der Waals surface area (Å²) in [6.07, 6.45) is 0. The van der Waals surface area contributed by atoms with Crippen molar-refractivity contribution in [3.05, 3.63) is 69.7 Å². The monoisotopic (exact) mass is 325 g/mol. The molecule has 1 N–H and O–H groups in total. The summed E-state index contributed by atoms with van der Waals surface area (Å²) >= 11 is 3.41. The van der Waals surface area contributed by atoms with Gasteiger partial charge in [-0.2, -0.15) is 0 Å². The van der Waals surface area contributed by atoms with Crippen molar-refractivity contribution in [1.29, 1.82) is 0 Å². The Bertz CT molecular complexity index is 552. The van der Waals surface area contributed by atoms with E-state index in [1.54, 1.807) is 0 Å². The van der Waals surface area contributed by atoms with Gasteiger partial charge < -0.3 is 5.32 Å². The molecule has 2 aromatic carbocycles. The largest absolute Gasteiger partial charge is 0.307 e. The zero-order chi connectivity index (χ0) is 13.8.